The van der Waals surface area contributed by atoms with Crippen LogP contribution >= 0.6 is 11.3 Å². The summed E-state index contributed by atoms with van der Waals surface area (Å²) in [5.74, 6) is -0.534. The van der Waals surface area contributed by atoms with Crippen molar-refractivity contribution in [3.63, 3.8) is 0 Å². The maximum atomic E-state index is 13.4. The van der Waals surface area contributed by atoms with Gasteiger partial charge >= 0.3 is 0 Å². The minimum Gasteiger partial charge on any atom is -0.495 e. The first-order valence-electron chi connectivity index (χ1n) is 9.44. The number of amides is 3. The minimum absolute atomic E-state index is 0.183. The number of ether oxygens (including phenoxy) is 1. The monoisotopic (exact) mass is 433 g/mol. The highest BCUT2D eigenvalue weighted by Gasteiger charge is 2.40. The molecule has 3 amide bonds. The third-order valence-corrected chi connectivity index (χ3v) is 5.55. The molecule has 7 nitrogen and oxygen atoms in total. The summed E-state index contributed by atoms with van der Waals surface area (Å²) in [5, 5.41) is 7.63. The normalized spacial score (nSPS) is 13.5. The summed E-state index contributed by atoms with van der Waals surface area (Å²) < 4.78 is 5.37. The minimum atomic E-state index is -0.466. The predicted octanol–water partition coefficient (Wildman–Crippen LogP) is 4.11. The number of methoxy groups -OCH3 is 1. The number of rotatable bonds is 6. The Morgan fingerprint density at radius 2 is 1.71 bits per heavy atom. The summed E-state index contributed by atoms with van der Waals surface area (Å²) in [6, 6.07) is 17.4. The highest BCUT2D eigenvalue weighted by Crippen LogP contribution is 2.37. The van der Waals surface area contributed by atoms with Gasteiger partial charge in [0.1, 0.15) is 11.4 Å². The zero-order valence-corrected chi connectivity index (χ0v) is 17.7. The molecule has 0 radical (unpaired) electrons. The fraction of sp³-hybridized carbons (Fsp3) is 0.0870. The number of nitrogens with one attached hydrogen (secondary N) is 2. The van der Waals surface area contributed by atoms with Crippen LogP contribution in [-0.4, -0.2) is 24.8 Å². The van der Waals surface area contributed by atoms with Crippen molar-refractivity contribution in [2.45, 2.75) is 6.92 Å². The third-order valence-electron chi connectivity index (χ3n) is 4.66. The van der Waals surface area contributed by atoms with E-state index in [0.717, 1.165) is 4.90 Å². The molecule has 1 aliphatic rings. The number of benzene rings is 2. The van der Waals surface area contributed by atoms with E-state index in [0.29, 0.717) is 33.3 Å². The van der Waals surface area contributed by atoms with E-state index in [9.17, 15) is 14.4 Å². The quantitative estimate of drug-likeness (QED) is 0.571. The van der Waals surface area contributed by atoms with Crippen LogP contribution in [-0.2, 0) is 14.4 Å². The van der Waals surface area contributed by atoms with Crippen molar-refractivity contribution in [3.8, 4) is 5.75 Å². The average molecular weight is 433 g/mol. The molecular weight excluding hydrogens is 414 g/mol. The van der Waals surface area contributed by atoms with Crippen LogP contribution in [0.4, 0.5) is 17.1 Å². The van der Waals surface area contributed by atoms with Crippen molar-refractivity contribution in [3.05, 3.63) is 76.6 Å². The van der Waals surface area contributed by atoms with Gasteiger partial charge in [0.2, 0.25) is 5.91 Å². The maximum absolute atomic E-state index is 13.4. The van der Waals surface area contributed by atoms with Crippen molar-refractivity contribution in [2.24, 2.45) is 0 Å². The molecule has 8 heteroatoms. The summed E-state index contributed by atoms with van der Waals surface area (Å²) >= 11 is 1.38. The molecule has 2 aromatic carbocycles. The molecule has 2 heterocycles. The van der Waals surface area contributed by atoms with E-state index in [1.807, 2.05) is 23.6 Å². The van der Waals surface area contributed by atoms with E-state index in [2.05, 4.69) is 10.6 Å². The SMILES string of the molecule is COc1ccccc1NC1=C(c2cccs2)C(=O)N(c2ccc(NC(C)=O)cc2)C1=O. The van der Waals surface area contributed by atoms with Crippen LogP contribution in [0.3, 0.4) is 0 Å². The fourth-order valence-electron chi connectivity index (χ4n) is 3.31. The van der Waals surface area contributed by atoms with E-state index in [4.69, 9.17) is 4.74 Å². The lowest BCUT2D eigenvalue weighted by Gasteiger charge is -2.16. The number of carbonyl (C=O) groups excluding carboxylic acids is 3. The fourth-order valence-corrected chi connectivity index (χ4v) is 4.08. The van der Waals surface area contributed by atoms with Crippen molar-refractivity contribution in [1.82, 2.24) is 0 Å². The Bertz CT molecular complexity index is 1180. The van der Waals surface area contributed by atoms with E-state index in [-0.39, 0.29) is 11.6 Å². The molecule has 0 aliphatic carbocycles. The largest absolute Gasteiger partial charge is 0.495 e. The highest BCUT2D eigenvalue weighted by molar-refractivity contribution is 7.11. The van der Waals surface area contributed by atoms with Crippen LogP contribution in [0, 0.1) is 0 Å². The van der Waals surface area contributed by atoms with Crippen LogP contribution in [0.1, 0.15) is 11.8 Å². The van der Waals surface area contributed by atoms with Gasteiger partial charge in [-0.05, 0) is 47.8 Å². The van der Waals surface area contributed by atoms with Crippen molar-refractivity contribution >= 4 is 51.7 Å². The molecule has 1 aliphatic heterocycles. The van der Waals surface area contributed by atoms with Gasteiger partial charge in [0.05, 0.1) is 24.1 Å². The molecule has 1 aromatic heterocycles. The van der Waals surface area contributed by atoms with Gasteiger partial charge in [-0.1, -0.05) is 18.2 Å². The van der Waals surface area contributed by atoms with Crippen LogP contribution in [0.25, 0.3) is 5.57 Å². The number of hydrogen-bond donors (Lipinski definition) is 2. The van der Waals surface area contributed by atoms with Crippen molar-refractivity contribution < 1.29 is 19.1 Å². The summed E-state index contributed by atoms with van der Waals surface area (Å²) in [4.78, 5) is 39.8. The first kappa shape index (κ1) is 20.4. The molecule has 4 rings (SSSR count). The van der Waals surface area contributed by atoms with E-state index in [1.165, 1.54) is 18.3 Å². The van der Waals surface area contributed by atoms with Crippen LogP contribution < -0.4 is 20.3 Å². The van der Waals surface area contributed by atoms with Crippen molar-refractivity contribution in [1.29, 1.82) is 0 Å². The molecule has 156 valence electrons. The molecule has 0 atom stereocenters. The van der Waals surface area contributed by atoms with E-state index < -0.39 is 11.8 Å². The topological polar surface area (TPSA) is 87.7 Å². The third kappa shape index (κ3) is 3.93. The Morgan fingerprint density at radius 3 is 2.35 bits per heavy atom. The Hall–Kier alpha value is -3.91. The molecule has 3 aromatic rings. The lowest BCUT2D eigenvalue weighted by atomic mass is 10.1. The van der Waals surface area contributed by atoms with Crippen LogP contribution in [0.15, 0.2) is 71.7 Å². The Kier molecular flexibility index (Phi) is 5.55. The number of para-hydroxylation sites is 2. The van der Waals surface area contributed by atoms with Gasteiger partial charge in [0.25, 0.3) is 11.8 Å². The molecular formula is C23H19N3O4S. The molecule has 0 saturated heterocycles. The zero-order chi connectivity index (χ0) is 22.0. The molecule has 0 spiro atoms. The Labute approximate surface area is 183 Å². The Morgan fingerprint density at radius 1 is 0.968 bits per heavy atom. The second kappa shape index (κ2) is 8.45. The summed E-state index contributed by atoms with van der Waals surface area (Å²) in [7, 11) is 1.54. The van der Waals surface area contributed by atoms with Gasteiger partial charge < -0.3 is 15.4 Å². The number of anilines is 3. The Balaban J connectivity index is 1.73. The number of thiophene rings is 1. The lowest BCUT2D eigenvalue weighted by molar-refractivity contribution is -0.120. The van der Waals surface area contributed by atoms with E-state index >= 15 is 0 Å². The molecule has 0 bridgehead atoms. The first-order valence-corrected chi connectivity index (χ1v) is 10.3. The van der Waals surface area contributed by atoms with Gasteiger partial charge in [-0.15, -0.1) is 11.3 Å². The molecule has 0 saturated carbocycles. The molecule has 0 unspecified atom stereocenters. The predicted molar refractivity (Wildman–Crippen MR) is 121 cm³/mol. The second-order valence-electron chi connectivity index (χ2n) is 6.73. The van der Waals surface area contributed by atoms with Gasteiger partial charge in [0.15, 0.2) is 0 Å². The van der Waals surface area contributed by atoms with Crippen LogP contribution in [0.2, 0.25) is 0 Å². The average Bonchev–Trinajstić information content (AvgIpc) is 3.36. The van der Waals surface area contributed by atoms with Gasteiger partial charge in [-0.25, -0.2) is 4.90 Å². The summed E-state index contributed by atoms with van der Waals surface area (Å²) in [6.07, 6.45) is 0. The number of carbonyl (C=O) groups is 3. The van der Waals surface area contributed by atoms with E-state index in [1.54, 1.807) is 49.6 Å². The summed E-state index contributed by atoms with van der Waals surface area (Å²) in [6.45, 7) is 1.41. The number of nitrogens with zero attached hydrogens (tertiary/aromatic N) is 1. The number of imide groups is 1. The summed E-state index contributed by atoms with van der Waals surface area (Å²) in [5.41, 5.74) is 2.06. The standard InChI is InChI=1S/C23H19N3O4S/c1-14(27)24-15-9-11-16(12-10-15)26-22(28)20(19-8-5-13-31-19)21(23(26)29)25-17-6-3-4-7-18(17)30-2/h3-13,25H,1-2H3,(H,24,27). The van der Waals surface area contributed by atoms with Gasteiger partial charge in [-0.2, -0.15) is 0 Å². The maximum Gasteiger partial charge on any atom is 0.282 e. The van der Waals surface area contributed by atoms with Crippen molar-refractivity contribution in [2.75, 3.05) is 22.6 Å². The molecule has 31 heavy (non-hydrogen) atoms. The highest BCUT2D eigenvalue weighted by atomic mass is 32.1. The lowest BCUT2D eigenvalue weighted by Crippen LogP contribution is -2.32. The smallest absolute Gasteiger partial charge is 0.282 e. The van der Waals surface area contributed by atoms with Crippen LogP contribution in [0.5, 0.6) is 5.75 Å². The number of hydrogen-bond acceptors (Lipinski definition) is 6. The zero-order valence-electron chi connectivity index (χ0n) is 16.8. The second-order valence-corrected chi connectivity index (χ2v) is 7.67. The van der Waals surface area contributed by atoms with Gasteiger partial charge in [0, 0.05) is 17.5 Å². The molecule has 0 fully saturated rings. The van der Waals surface area contributed by atoms with Gasteiger partial charge in [-0.3, -0.25) is 14.4 Å². The molecule has 2 N–H and O–H groups in total. The first-order chi connectivity index (χ1) is 15.0.